The molecule has 0 aliphatic heterocycles. The first-order valence-electron chi connectivity index (χ1n) is 6.19. The van der Waals surface area contributed by atoms with E-state index in [1.165, 1.54) is 22.3 Å². The Bertz CT molecular complexity index is 406. The van der Waals surface area contributed by atoms with Gasteiger partial charge in [-0.2, -0.15) is 0 Å². The van der Waals surface area contributed by atoms with Gasteiger partial charge >= 0.3 is 0 Å². The molecule has 1 aromatic rings. The molecule has 1 aromatic carbocycles. The Morgan fingerprint density at radius 1 is 1.12 bits per heavy atom. The fourth-order valence-electron chi connectivity index (χ4n) is 1.54. The van der Waals surface area contributed by atoms with Crippen molar-refractivity contribution in [2.24, 2.45) is 0 Å². The molecule has 0 heteroatoms. The van der Waals surface area contributed by atoms with Crippen molar-refractivity contribution in [1.82, 2.24) is 0 Å². The van der Waals surface area contributed by atoms with Crippen LogP contribution < -0.4 is 0 Å². The fourth-order valence-corrected chi connectivity index (χ4v) is 1.54. The van der Waals surface area contributed by atoms with Crippen LogP contribution in [-0.2, 0) is 0 Å². The molecule has 0 fully saturated rings. The molecule has 17 heavy (non-hydrogen) atoms. The topological polar surface area (TPSA) is 0 Å². The summed E-state index contributed by atoms with van der Waals surface area (Å²) in [5.74, 6) is 0. The van der Waals surface area contributed by atoms with E-state index in [2.05, 4.69) is 57.7 Å². The van der Waals surface area contributed by atoms with Gasteiger partial charge in [-0.05, 0) is 43.0 Å². The molecule has 0 spiro atoms. The molecule has 0 radical (unpaired) electrons. The maximum Gasteiger partial charge on any atom is -0.0195 e. The second-order valence-electron chi connectivity index (χ2n) is 3.72. The summed E-state index contributed by atoms with van der Waals surface area (Å²) in [5, 5.41) is 0. The van der Waals surface area contributed by atoms with Crippen LogP contribution in [-0.4, -0.2) is 0 Å². The third kappa shape index (κ3) is 4.86. The van der Waals surface area contributed by atoms with Crippen LogP contribution in [0.3, 0.4) is 0 Å². The highest BCUT2D eigenvalue weighted by Crippen LogP contribution is 2.21. The first-order valence-corrected chi connectivity index (χ1v) is 6.19. The molecule has 0 heterocycles. The van der Waals surface area contributed by atoms with Crippen molar-refractivity contribution in [2.45, 2.75) is 34.6 Å². The van der Waals surface area contributed by atoms with E-state index in [1.54, 1.807) is 6.08 Å². The highest BCUT2D eigenvalue weighted by molar-refractivity contribution is 5.70. The maximum atomic E-state index is 3.67. The van der Waals surface area contributed by atoms with Gasteiger partial charge in [0.1, 0.15) is 0 Å². The smallest absolute Gasteiger partial charge is 0.0195 e. The molecule has 92 valence electrons. The first kappa shape index (κ1) is 15.4. The molecule has 0 aliphatic carbocycles. The first-order chi connectivity index (χ1) is 8.16. The number of benzene rings is 1. The van der Waals surface area contributed by atoms with E-state index in [1.807, 2.05) is 19.9 Å². The Morgan fingerprint density at radius 3 is 2.24 bits per heavy atom. The summed E-state index contributed by atoms with van der Waals surface area (Å²) in [7, 11) is 0. The van der Waals surface area contributed by atoms with E-state index >= 15 is 0 Å². The van der Waals surface area contributed by atoms with Gasteiger partial charge in [0.15, 0.2) is 0 Å². The van der Waals surface area contributed by atoms with Crippen molar-refractivity contribution in [3.05, 3.63) is 65.8 Å². The number of aryl methyl sites for hydroxylation is 1. The summed E-state index contributed by atoms with van der Waals surface area (Å²) in [6, 6.07) is 8.45. The minimum absolute atomic E-state index is 1.28. The molecule has 0 aliphatic rings. The van der Waals surface area contributed by atoms with Crippen LogP contribution in [0.15, 0.2) is 54.6 Å². The molecule has 0 amide bonds. The average Bonchev–Trinajstić information content (AvgIpc) is 2.38. The minimum Gasteiger partial charge on any atom is -0.0991 e. The van der Waals surface area contributed by atoms with E-state index < -0.39 is 0 Å². The standard InChI is InChI=1S/C15H18.C2H6/c1-5-6-9-12(2)14(4)15-11-8-7-10-13(15)3;1-2/h5-11H,1H2,2-4H3;1-2H3/b9-6-,14-12+;. The monoisotopic (exact) mass is 228 g/mol. The van der Waals surface area contributed by atoms with Gasteiger partial charge in [-0.25, -0.2) is 0 Å². The van der Waals surface area contributed by atoms with Gasteiger partial charge in [-0.15, -0.1) is 0 Å². The lowest BCUT2D eigenvalue weighted by atomic mass is 9.98. The maximum absolute atomic E-state index is 3.67. The Labute approximate surface area is 106 Å². The summed E-state index contributed by atoms with van der Waals surface area (Å²) < 4.78 is 0. The molecule has 0 bridgehead atoms. The molecule has 0 aromatic heterocycles. The van der Waals surface area contributed by atoms with Gasteiger partial charge in [0.25, 0.3) is 0 Å². The normalized spacial score (nSPS) is 11.6. The second kappa shape index (κ2) is 8.58. The van der Waals surface area contributed by atoms with Gasteiger partial charge in [0, 0.05) is 0 Å². The molecule has 0 saturated heterocycles. The quantitative estimate of drug-likeness (QED) is 0.594. The van der Waals surface area contributed by atoms with Crippen molar-refractivity contribution in [3.63, 3.8) is 0 Å². The lowest BCUT2D eigenvalue weighted by molar-refractivity contribution is 1.38. The van der Waals surface area contributed by atoms with Crippen LogP contribution in [0.2, 0.25) is 0 Å². The van der Waals surface area contributed by atoms with Gasteiger partial charge < -0.3 is 0 Å². The van der Waals surface area contributed by atoms with E-state index in [0.717, 1.165) is 0 Å². The predicted octanol–water partition coefficient (Wildman–Crippen LogP) is 5.56. The van der Waals surface area contributed by atoms with Crippen molar-refractivity contribution < 1.29 is 0 Å². The van der Waals surface area contributed by atoms with Crippen LogP contribution in [0, 0.1) is 6.92 Å². The average molecular weight is 228 g/mol. The van der Waals surface area contributed by atoms with Gasteiger partial charge in [-0.1, -0.05) is 62.9 Å². The number of hydrogen-bond acceptors (Lipinski definition) is 0. The van der Waals surface area contributed by atoms with Gasteiger partial charge in [0.05, 0.1) is 0 Å². The van der Waals surface area contributed by atoms with Crippen molar-refractivity contribution in [2.75, 3.05) is 0 Å². The Morgan fingerprint density at radius 2 is 1.71 bits per heavy atom. The summed E-state index contributed by atoms with van der Waals surface area (Å²) in [6.07, 6.45) is 5.86. The minimum atomic E-state index is 1.28. The molecule has 0 nitrogen and oxygen atoms in total. The van der Waals surface area contributed by atoms with Crippen molar-refractivity contribution in [1.29, 1.82) is 0 Å². The third-order valence-electron chi connectivity index (χ3n) is 2.62. The zero-order chi connectivity index (χ0) is 13.3. The Balaban J connectivity index is 0.00000121. The Kier molecular flexibility index (Phi) is 7.79. The van der Waals surface area contributed by atoms with E-state index in [9.17, 15) is 0 Å². The molecular formula is C17H24. The van der Waals surface area contributed by atoms with Crippen LogP contribution in [0.4, 0.5) is 0 Å². The van der Waals surface area contributed by atoms with E-state index in [0.29, 0.717) is 0 Å². The molecule has 0 saturated carbocycles. The third-order valence-corrected chi connectivity index (χ3v) is 2.62. The highest BCUT2D eigenvalue weighted by Gasteiger charge is 2.00. The van der Waals surface area contributed by atoms with Gasteiger partial charge in [-0.3, -0.25) is 0 Å². The Hall–Kier alpha value is -1.56. The molecular weight excluding hydrogens is 204 g/mol. The van der Waals surface area contributed by atoms with Crippen LogP contribution >= 0.6 is 0 Å². The summed E-state index contributed by atoms with van der Waals surface area (Å²) in [4.78, 5) is 0. The summed E-state index contributed by atoms with van der Waals surface area (Å²) >= 11 is 0. The van der Waals surface area contributed by atoms with Crippen LogP contribution in [0.5, 0.6) is 0 Å². The summed E-state index contributed by atoms with van der Waals surface area (Å²) in [5.41, 5.74) is 5.25. The zero-order valence-corrected chi connectivity index (χ0v) is 11.7. The number of allylic oxidation sites excluding steroid dienone is 5. The lowest BCUT2D eigenvalue weighted by Crippen LogP contribution is -1.87. The predicted molar refractivity (Wildman–Crippen MR) is 80.1 cm³/mol. The van der Waals surface area contributed by atoms with Gasteiger partial charge in [0.2, 0.25) is 0 Å². The largest absolute Gasteiger partial charge is 0.0991 e. The molecule has 0 N–H and O–H groups in total. The molecule has 0 unspecified atom stereocenters. The molecule has 1 rings (SSSR count). The van der Waals surface area contributed by atoms with Crippen molar-refractivity contribution in [3.8, 4) is 0 Å². The van der Waals surface area contributed by atoms with E-state index in [-0.39, 0.29) is 0 Å². The zero-order valence-electron chi connectivity index (χ0n) is 11.7. The number of rotatable bonds is 3. The summed E-state index contributed by atoms with van der Waals surface area (Å²) in [6.45, 7) is 14.1. The van der Waals surface area contributed by atoms with E-state index in [4.69, 9.17) is 0 Å². The SMILES string of the molecule is C=C/C=C\C(C)=C(/C)c1ccccc1C.CC. The number of hydrogen-bond donors (Lipinski definition) is 0. The van der Waals surface area contributed by atoms with Crippen LogP contribution in [0.25, 0.3) is 5.57 Å². The molecule has 0 atom stereocenters. The van der Waals surface area contributed by atoms with Crippen LogP contribution in [0.1, 0.15) is 38.8 Å². The fraction of sp³-hybridized carbons (Fsp3) is 0.294. The second-order valence-corrected chi connectivity index (χ2v) is 3.72. The highest BCUT2D eigenvalue weighted by atomic mass is 14.1. The lowest BCUT2D eigenvalue weighted by Gasteiger charge is -2.07. The van der Waals surface area contributed by atoms with Crippen molar-refractivity contribution >= 4 is 5.57 Å².